The van der Waals surface area contributed by atoms with Gasteiger partial charge in [0, 0.05) is 24.4 Å². The molecule has 1 aliphatic rings. The molecular weight excluding hydrogens is 627 g/mol. The lowest BCUT2D eigenvalue weighted by atomic mass is 10.1. The number of ether oxygens (including phenoxy) is 3. The molecule has 4 aromatic rings. The van der Waals surface area contributed by atoms with Crippen LogP contribution in [0.2, 0.25) is 0 Å². The molecule has 0 unspecified atom stereocenters. The number of aromatic nitrogens is 3. The van der Waals surface area contributed by atoms with Crippen LogP contribution in [0.15, 0.2) is 72.0 Å². The van der Waals surface area contributed by atoms with Crippen molar-refractivity contribution in [3.8, 4) is 17.2 Å². The summed E-state index contributed by atoms with van der Waals surface area (Å²) in [5, 5.41) is 10.5. The molecule has 3 aromatic carbocycles. The highest BCUT2D eigenvalue weighted by Gasteiger charge is 2.32. The van der Waals surface area contributed by atoms with Crippen molar-refractivity contribution in [1.29, 1.82) is 0 Å². The quantitative estimate of drug-likeness (QED) is 0.214. The average molecular weight is 656 g/mol. The number of alkyl halides is 3. The Morgan fingerprint density at radius 3 is 2.59 bits per heavy atom. The van der Waals surface area contributed by atoms with Gasteiger partial charge >= 0.3 is 12.4 Å². The zero-order valence-corrected chi connectivity index (χ0v) is 25.6. The van der Waals surface area contributed by atoms with Crippen LogP contribution in [-0.4, -0.2) is 58.2 Å². The molecule has 2 heterocycles. The maximum absolute atomic E-state index is 12.9. The first-order chi connectivity index (χ1) is 22.0. The largest absolute Gasteiger partial charge is 0.573 e. The first-order valence-corrected chi connectivity index (χ1v) is 14.6. The standard InChI is InChI=1S/C30H28F3N7O5S/c1-18-4-5-19(15-43-2)24(12-18)40-27(41)16-46-29(40)37-28(42)36-20-6-11-23(25(13-20)44-3)34-14-26-35-17-39(38-26)21-7-9-22(10-8-21)45-30(31,32)33/h4-13,17,34H,14-16H2,1-3H3,(H,36,42). The van der Waals surface area contributed by atoms with Crippen molar-refractivity contribution in [3.63, 3.8) is 0 Å². The molecule has 240 valence electrons. The number of anilines is 3. The van der Waals surface area contributed by atoms with Gasteiger partial charge in [-0.3, -0.25) is 9.69 Å². The highest BCUT2D eigenvalue weighted by molar-refractivity contribution is 8.15. The van der Waals surface area contributed by atoms with Crippen LogP contribution in [0.1, 0.15) is 17.0 Å². The Morgan fingerprint density at radius 1 is 1.09 bits per heavy atom. The van der Waals surface area contributed by atoms with Crippen molar-refractivity contribution in [2.75, 3.05) is 35.5 Å². The predicted octanol–water partition coefficient (Wildman–Crippen LogP) is 5.91. The first kappa shape index (κ1) is 32.3. The Labute approximate surface area is 265 Å². The Balaban J connectivity index is 1.23. The number of benzene rings is 3. The Morgan fingerprint density at radius 2 is 1.87 bits per heavy atom. The van der Waals surface area contributed by atoms with Crippen LogP contribution in [0.4, 0.5) is 35.0 Å². The number of aryl methyl sites for hydroxylation is 1. The van der Waals surface area contributed by atoms with Gasteiger partial charge in [-0.05, 0) is 55.0 Å². The Kier molecular flexibility index (Phi) is 9.77. The number of amides is 3. The van der Waals surface area contributed by atoms with Gasteiger partial charge in [-0.15, -0.1) is 18.3 Å². The molecular formula is C30H28F3N7O5S. The summed E-state index contributed by atoms with van der Waals surface area (Å²) in [6, 6.07) is 15.2. The van der Waals surface area contributed by atoms with Crippen molar-refractivity contribution in [2.45, 2.75) is 26.4 Å². The second kappa shape index (κ2) is 13.9. The molecule has 1 aromatic heterocycles. The Hall–Kier alpha value is -5.09. The van der Waals surface area contributed by atoms with Crippen molar-refractivity contribution >= 4 is 45.9 Å². The zero-order chi connectivity index (χ0) is 32.8. The predicted molar refractivity (Wildman–Crippen MR) is 167 cm³/mol. The normalized spacial score (nSPS) is 14.1. The third-order valence-corrected chi connectivity index (χ3v) is 7.43. The van der Waals surface area contributed by atoms with Gasteiger partial charge in [0.2, 0.25) is 5.91 Å². The molecule has 0 radical (unpaired) electrons. The van der Waals surface area contributed by atoms with Crippen molar-refractivity contribution in [3.05, 3.63) is 83.9 Å². The molecule has 1 fully saturated rings. The number of carbonyl (C=O) groups is 2. The van der Waals surface area contributed by atoms with E-state index in [1.165, 1.54) is 59.0 Å². The number of hydrogen-bond acceptors (Lipinski definition) is 9. The molecule has 0 atom stereocenters. The van der Waals surface area contributed by atoms with E-state index >= 15 is 0 Å². The molecule has 5 rings (SSSR count). The maximum atomic E-state index is 12.9. The number of methoxy groups -OCH3 is 2. The van der Waals surface area contributed by atoms with Gasteiger partial charge in [0.1, 0.15) is 17.8 Å². The van der Waals surface area contributed by atoms with Gasteiger partial charge in [0.25, 0.3) is 0 Å². The molecule has 12 nitrogen and oxygen atoms in total. The summed E-state index contributed by atoms with van der Waals surface area (Å²) in [7, 11) is 3.04. The molecule has 0 aliphatic carbocycles. The number of thioether (sulfide) groups is 1. The van der Waals surface area contributed by atoms with Gasteiger partial charge < -0.3 is 24.8 Å². The first-order valence-electron chi connectivity index (χ1n) is 13.7. The lowest BCUT2D eigenvalue weighted by molar-refractivity contribution is -0.274. The highest BCUT2D eigenvalue weighted by Crippen LogP contribution is 2.32. The van der Waals surface area contributed by atoms with Gasteiger partial charge in [0.15, 0.2) is 11.0 Å². The topological polar surface area (TPSA) is 132 Å². The van der Waals surface area contributed by atoms with E-state index in [0.29, 0.717) is 40.9 Å². The van der Waals surface area contributed by atoms with Gasteiger partial charge in [-0.2, -0.15) is 4.99 Å². The van der Waals surface area contributed by atoms with E-state index in [4.69, 9.17) is 9.47 Å². The van der Waals surface area contributed by atoms with E-state index in [-0.39, 0.29) is 29.1 Å². The van der Waals surface area contributed by atoms with Crippen LogP contribution in [0.25, 0.3) is 5.69 Å². The molecule has 16 heteroatoms. The summed E-state index contributed by atoms with van der Waals surface area (Å²) < 4.78 is 53.3. The third kappa shape index (κ3) is 7.94. The third-order valence-electron chi connectivity index (χ3n) is 6.51. The van der Waals surface area contributed by atoms with E-state index in [9.17, 15) is 22.8 Å². The van der Waals surface area contributed by atoms with Crippen LogP contribution in [0.3, 0.4) is 0 Å². The number of carbonyl (C=O) groups excluding carboxylic acids is 2. The fourth-order valence-corrected chi connectivity index (χ4v) is 5.33. The van der Waals surface area contributed by atoms with E-state index in [0.717, 1.165) is 11.1 Å². The number of rotatable bonds is 10. The molecule has 1 saturated heterocycles. The summed E-state index contributed by atoms with van der Waals surface area (Å²) in [6.45, 7) is 2.40. The van der Waals surface area contributed by atoms with Crippen molar-refractivity contribution in [2.24, 2.45) is 4.99 Å². The molecule has 0 spiro atoms. The van der Waals surface area contributed by atoms with Crippen molar-refractivity contribution in [1.82, 2.24) is 14.8 Å². The summed E-state index contributed by atoms with van der Waals surface area (Å²) in [4.78, 5) is 35.5. The minimum Gasteiger partial charge on any atom is -0.495 e. The molecule has 3 amide bonds. The minimum absolute atomic E-state index is 0.150. The minimum atomic E-state index is -4.78. The molecule has 0 bridgehead atoms. The fraction of sp³-hybridized carbons (Fsp3) is 0.233. The number of hydrogen-bond donors (Lipinski definition) is 2. The van der Waals surface area contributed by atoms with Gasteiger partial charge in [0.05, 0.1) is 43.1 Å². The van der Waals surface area contributed by atoms with Crippen LogP contribution >= 0.6 is 11.8 Å². The lowest BCUT2D eigenvalue weighted by Gasteiger charge is -2.20. The zero-order valence-electron chi connectivity index (χ0n) is 24.8. The number of urea groups is 1. The SMILES string of the molecule is COCc1ccc(C)cc1N1C(=O)CSC1=NC(=O)Nc1ccc(NCc2ncn(-c3ccc(OC(F)(F)F)cc3)n2)c(OC)c1. The summed E-state index contributed by atoms with van der Waals surface area (Å²) >= 11 is 1.17. The lowest BCUT2D eigenvalue weighted by Crippen LogP contribution is -2.31. The second-order valence-electron chi connectivity index (χ2n) is 9.82. The van der Waals surface area contributed by atoms with E-state index < -0.39 is 12.4 Å². The number of nitrogens with one attached hydrogen (secondary N) is 2. The molecule has 1 aliphatic heterocycles. The van der Waals surface area contributed by atoms with E-state index in [2.05, 4.69) is 30.4 Å². The molecule has 0 saturated carbocycles. The number of amidine groups is 1. The highest BCUT2D eigenvalue weighted by atomic mass is 32.2. The molecule has 2 N–H and O–H groups in total. The van der Waals surface area contributed by atoms with Crippen LogP contribution < -0.4 is 25.0 Å². The monoisotopic (exact) mass is 655 g/mol. The van der Waals surface area contributed by atoms with Gasteiger partial charge in [-0.1, -0.05) is 23.9 Å². The van der Waals surface area contributed by atoms with Crippen molar-refractivity contribution < 1.29 is 37.0 Å². The number of halogens is 3. The van der Waals surface area contributed by atoms with Gasteiger partial charge in [-0.25, -0.2) is 14.5 Å². The van der Waals surface area contributed by atoms with Crippen LogP contribution in [0.5, 0.6) is 11.5 Å². The van der Waals surface area contributed by atoms with E-state index in [1.807, 2.05) is 25.1 Å². The average Bonchev–Trinajstić information content (AvgIpc) is 3.63. The smallest absolute Gasteiger partial charge is 0.495 e. The summed E-state index contributed by atoms with van der Waals surface area (Å²) in [5.41, 5.74) is 3.85. The van der Waals surface area contributed by atoms with E-state index in [1.54, 1.807) is 25.3 Å². The number of nitrogens with zero attached hydrogens (tertiary/aromatic N) is 5. The van der Waals surface area contributed by atoms with Crippen LogP contribution in [0, 0.1) is 6.92 Å². The number of aliphatic imine (C=N–C) groups is 1. The second-order valence-corrected chi connectivity index (χ2v) is 10.8. The Bertz CT molecular complexity index is 1760. The summed E-state index contributed by atoms with van der Waals surface area (Å²) in [6.07, 6.45) is -3.34. The summed E-state index contributed by atoms with van der Waals surface area (Å²) in [5.74, 6) is 0.439. The molecule has 46 heavy (non-hydrogen) atoms. The fourth-order valence-electron chi connectivity index (χ4n) is 4.47. The maximum Gasteiger partial charge on any atom is 0.573 e. The van der Waals surface area contributed by atoms with Crippen LogP contribution in [-0.2, 0) is 22.7 Å².